The zero-order chi connectivity index (χ0) is 19.0. The number of carbonyl (C=O) groups is 1. The Morgan fingerprint density at radius 1 is 1.37 bits per heavy atom. The lowest BCUT2D eigenvalue weighted by Gasteiger charge is -2.37. The van der Waals surface area contributed by atoms with E-state index in [1.165, 1.54) is 0 Å². The van der Waals surface area contributed by atoms with Gasteiger partial charge in [-0.2, -0.15) is 0 Å². The Morgan fingerprint density at radius 2 is 2.22 bits per heavy atom. The highest BCUT2D eigenvalue weighted by Gasteiger charge is 2.37. The van der Waals surface area contributed by atoms with Crippen molar-refractivity contribution in [3.05, 3.63) is 36.2 Å². The van der Waals surface area contributed by atoms with Gasteiger partial charge in [-0.1, -0.05) is 0 Å². The molecule has 4 N–H and O–H groups in total. The van der Waals surface area contributed by atoms with Crippen LogP contribution in [0.1, 0.15) is 30.8 Å². The van der Waals surface area contributed by atoms with E-state index in [0.29, 0.717) is 24.1 Å². The Hall–Kier alpha value is -3.03. The molecule has 1 atom stereocenters. The summed E-state index contributed by atoms with van der Waals surface area (Å²) in [6, 6.07) is 7.82. The Morgan fingerprint density at radius 3 is 3.00 bits per heavy atom. The molecule has 8 heteroatoms. The number of amides is 1. The van der Waals surface area contributed by atoms with E-state index in [1.54, 1.807) is 18.3 Å². The van der Waals surface area contributed by atoms with E-state index in [9.17, 15) is 4.79 Å². The maximum atomic E-state index is 12.4. The minimum absolute atomic E-state index is 0.0719. The maximum Gasteiger partial charge on any atom is 0.270 e. The van der Waals surface area contributed by atoms with Crippen LogP contribution in [0.4, 0.5) is 23.0 Å². The number of hydrogen-bond donors (Lipinski definition) is 3. The molecule has 4 heterocycles. The first-order valence-corrected chi connectivity index (χ1v) is 9.30. The summed E-state index contributed by atoms with van der Waals surface area (Å²) < 4.78 is 0. The van der Waals surface area contributed by atoms with Crippen LogP contribution < -0.4 is 26.2 Å². The molecule has 0 aliphatic carbocycles. The first-order chi connectivity index (χ1) is 13.0. The topological polar surface area (TPSA) is 99.4 Å². The predicted octanol–water partition coefficient (Wildman–Crippen LogP) is 1.67. The van der Waals surface area contributed by atoms with Gasteiger partial charge in [0.2, 0.25) is 0 Å². The summed E-state index contributed by atoms with van der Waals surface area (Å²) >= 11 is 0. The summed E-state index contributed by atoms with van der Waals surface area (Å²) in [6.07, 6.45) is 2.75. The van der Waals surface area contributed by atoms with Crippen molar-refractivity contribution in [3.63, 3.8) is 0 Å². The minimum atomic E-state index is -0.147. The summed E-state index contributed by atoms with van der Waals surface area (Å²) in [6.45, 7) is 6.42. The molecule has 0 radical (unpaired) electrons. The average molecular weight is 367 g/mol. The molecule has 1 saturated heterocycles. The van der Waals surface area contributed by atoms with Gasteiger partial charge < -0.3 is 26.2 Å². The number of anilines is 4. The second-order valence-electron chi connectivity index (χ2n) is 7.33. The fourth-order valence-electron chi connectivity index (χ4n) is 3.66. The lowest BCUT2D eigenvalue weighted by atomic mass is 10.1. The van der Waals surface area contributed by atoms with Crippen molar-refractivity contribution in [2.45, 2.75) is 32.4 Å². The van der Waals surface area contributed by atoms with E-state index in [-0.39, 0.29) is 11.9 Å². The molecule has 1 fully saturated rings. The highest BCUT2D eigenvalue weighted by molar-refractivity contribution is 5.94. The van der Waals surface area contributed by atoms with Gasteiger partial charge in [-0.15, -0.1) is 0 Å². The molecule has 142 valence electrons. The van der Waals surface area contributed by atoms with E-state index >= 15 is 0 Å². The number of nitrogens with two attached hydrogens (primary N) is 1. The highest BCUT2D eigenvalue weighted by Crippen LogP contribution is 2.38. The zero-order valence-corrected chi connectivity index (χ0v) is 15.6. The lowest BCUT2D eigenvalue weighted by molar-refractivity contribution is 0.0938. The smallest absolute Gasteiger partial charge is 0.270 e. The van der Waals surface area contributed by atoms with Gasteiger partial charge in [0.25, 0.3) is 5.91 Å². The lowest BCUT2D eigenvalue weighted by Crippen LogP contribution is -2.45. The molecule has 2 aromatic heterocycles. The zero-order valence-electron chi connectivity index (χ0n) is 15.6. The summed E-state index contributed by atoms with van der Waals surface area (Å²) in [4.78, 5) is 26.0. The molecule has 2 aromatic rings. The Labute approximate surface area is 158 Å². The van der Waals surface area contributed by atoms with E-state index in [1.807, 2.05) is 26.0 Å². The maximum absolute atomic E-state index is 12.4. The number of hydrogen-bond acceptors (Lipinski definition) is 7. The molecule has 0 saturated carbocycles. The summed E-state index contributed by atoms with van der Waals surface area (Å²) in [7, 11) is 0. The molecule has 4 rings (SSSR count). The van der Waals surface area contributed by atoms with E-state index in [0.717, 1.165) is 36.8 Å². The standard InChI is InChI=1S/C19H25N7O/c1-12(2)23-19(27)15-3-4-16-18(24-15)26(14-6-8-25(16)10-14)11-22-17-9-13(20)5-7-21-17/h3-5,7,9,12,14H,6,8,10-11H2,1-2H3,(H,23,27)(H3,20,21,22)/t14-/m0/s1. The van der Waals surface area contributed by atoms with Gasteiger partial charge in [-0.05, 0) is 38.5 Å². The van der Waals surface area contributed by atoms with Crippen LogP contribution in [0, 0.1) is 0 Å². The Kier molecular flexibility index (Phi) is 4.47. The first kappa shape index (κ1) is 17.4. The Balaban J connectivity index is 1.60. The van der Waals surface area contributed by atoms with Crippen molar-refractivity contribution < 1.29 is 4.79 Å². The fourth-order valence-corrected chi connectivity index (χ4v) is 3.66. The molecule has 8 nitrogen and oxygen atoms in total. The third kappa shape index (κ3) is 3.47. The van der Waals surface area contributed by atoms with Gasteiger partial charge in [-0.25, -0.2) is 9.97 Å². The molecule has 0 aromatic carbocycles. The molecule has 2 aliphatic heterocycles. The van der Waals surface area contributed by atoms with Gasteiger partial charge in [-0.3, -0.25) is 4.79 Å². The minimum Gasteiger partial charge on any atom is -0.399 e. The van der Waals surface area contributed by atoms with Crippen LogP contribution in [0.25, 0.3) is 0 Å². The summed E-state index contributed by atoms with van der Waals surface area (Å²) in [5.41, 5.74) is 8.03. The molecule has 2 aliphatic rings. The van der Waals surface area contributed by atoms with E-state index < -0.39 is 0 Å². The molecule has 1 amide bonds. The van der Waals surface area contributed by atoms with Gasteiger partial charge in [0.05, 0.1) is 18.4 Å². The van der Waals surface area contributed by atoms with Crippen LogP contribution in [0.3, 0.4) is 0 Å². The van der Waals surface area contributed by atoms with Crippen LogP contribution in [-0.4, -0.2) is 47.7 Å². The molecule has 0 spiro atoms. The fraction of sp³-hybridized carbons (Fsp3) is 0.421. The van der Waals surface area contributed by atoms with Gasteiger partial charge in [0.1, 0.15) is 11.5 Å². The molecule has 2 bridgehead atoms. The number of rotatable bonds is 5. The second-order valence-corrected chi connectivity index (χ2v) is 7.33. The van der Waals surface area contributed by atoms with Crippen molar-refractivity contribution in [2.24, 2.45) is 0 Å². The molecule has 27 heavy (non-hydrogen) atoms. The predicted molar refractivity (Wildman–Crippen MR) is 107 cm³/mol. The number of nitrogen functional groups attached to an aromatic ring is 1. The van der Waals surface area contributed by atoms with Gasteiger partial charge in [0.15, 0.2) is 5.82 Å². The van der Waals surface area contributed by atoms with E-state index in [4.69, 9.17) is 10.7 Å². The summed E-state index contributed by atoms with van der Waals surface area (Å²) in [5, 5.41) is 6.25. The van der Waals surface area contributed by atoms with Crippen LogP contribution in [0.2, 0.25) is 0 Å². The third-order valence-electron chi connectivity index (χ3n) is 4.94. The molecular weight excluding hydrogens is 342 g/mol. The number of fused-ring (bicyclic) bond motifs is 4. The van der Waals surface area contributed by atoms with Crippen LogP contribution in [0.5, 0.6) is 0 Å². The van der Waals surface area contributed by atoms with Crippen molar-refractivity contribution >= 4 is 28.9 Å². The number of nitrogens with one attached hydrogen (secondary N) is 2. The average Bonchev–Trinajstić information content (AvgIpc) is 3.06. The van der Waals surface area contributed by atoms with E-state index in [2.05, 4.69) is 25.4 Å². The SMILES string of the molecule is CC(C)NC(=O)c1ccc2c(n1)N(CNc1cc(N)ccn1)[C@H]1CCN2C1. The van der Waals surface area contributed by atoms with Gasteiger partial charge in [0, 0.05) is 37.1 Å². The van der Waals surface area contributed by atoms with Crippen LogP contribution in [-0.2, 0) is 0 Å². The number of pyridine rings is 2. The molecule has 0 unspecified atom stereocenters. The van der Waals surface area contributed by atoms with Crippen molar-refractivity contribution in [1.82, 2.24) is 15.3 Å². The second kappa shape index (κ2) is 6.94. The number of carbonyl (C=O) groups excluding carboxylic acids is 1. The largest absolute Gasteiger partial charge is 0.399 e. The van der Waals surface area contributed by atoms with Gasteiger partial charge >= 0.3 is 0 Å². The normalized spacial score (nSPS) is 17.8. The third-order valence-corrected chi connectivity index (χ3v) is 4.94. The monoisotopic (exact) mass is 367 g/mol. The summed E-state index contributed by atoms with van der Waals surface area (Å²) in [5.74, 6) is 1.42. The highest BCUT2D eigenvalue weighted by atomic mass is 16.1. The first-order valence-electron chi connectivity index (χ1n) is 9.30. The number of aromatic nitrogens is 2. The van der Waals surface area contributed by atoms with Crippen molar-refractivity contribution in [1.29, 1.82) is 0 Å². The van der Waals surface area contributed by atoms with Crippen molar-refractivity contribution in [3.8, 4) is 0 Å². The van der Waals surface area contributed by atoms with Crippen LogP contribution in [0.15, 0.2) is 30.5 Å². The quantitative estimate of drug-likeness (QED) is 0.739. The van der Waals surface area contributed by atoms with Crippen LogP contribution >= 0.6 is 0 Å². The number of nitrogens with zero attached hydrogens (tertiary/aromatic N) is 4. The molecular formula is C19H25N7O. The Bertz CT molecular complexity index is 854. The van der Waals surface area contributed by atoms with Crippen molar-refractivity contribution in [2.75, 3.05) is 40.6 Å².